The van der Waals surface area contributed by atoms with Gasteiger partial charge in [-0.2, -0.15) is 0 Å². The zero-order valence-corrected chi connectivity index (χ0v) is 21.1. The van der Waals surface area contributed by atoms with E-state index in [0.29, 0.717) is 50.2 Å². The molecule has 2 fully saturated rings. The molecule has 0 aliphatic carbocycles. The molecule has 0 saturated carbocycles. The van der Waals surface area contributed by atoms with Crippen molar-refractivity contribution in [2.45, 2.75) is 51.4 Å². The first-order chi connectivity index (χ1) is 17.3. The van der Waals surface area contributed by atoms with E-state index < -0.39 is 11.8 Å². The van der Waals surface area contributed by atoms with E-state index in [-0.39, 0.29) is 30.2 Å². The number of nitrogens with zero attached hydrogens (tertiary/aromatic N) is 3. The van der Waals surface area contributed by atoms with Crippen LogP contribution in [0.2, 0.25) is 0 Å². The van der Waals surface area contributed by atoms with Gasteiger partial charge in [0.2, 0.25) is 11.8 Å². The Kier molecular flexibility index (Phi) is 7.88. The predicted octanol–water partition coefficient (Wildman–Crippen LogP) is 2.61. The van der Waals surface area contributed by atoms with Gasteiger partial charge in [0.25, 0.3) is 5.91 Å². The monoisotopic (exact) mass is 494 g/mol. The zero-order chi connectivity index (χ0) is 25.7. The predicted molar refractivity (Wildman–Crippen MR) is 133 cm³/mol. The number of amides is 3. The normalized spacial score (nSPS) is 18.9. The second kappa shape index (κ2) is 11.1. The van der Waals surface area contributed by atoms with E-state index >= 15 is 0 Å². The second-order valence-corrected chi connectivity index (χ2v) is 9.73. The van der Waals surface area contributed by atoms with E-state index in [0.717, 1.165) is 5.56 Å². The van der Waals surface area contributed by atoms with Crippen molar-refractivity contribution in [1.29, 1.82) is 0 Å². The Bertz CT molecular complexity index is 1070. The fourth-order valence-corrected chi connectivity index (χ4v) is 4.83. The van der Waals surface area contributed by atoms with Crippen LogP contribution in [0.25, 0.3) is 0 Å². The minimum Gasteiger partial charge on any atom is -0.497 e. The Balaban J connectivity index is 1.55. The van der Waals surface area contributed by atoms with E-state index in [1.165, 1.54) is 0 Å². The second-order valence-electron chi connectivity index (χ2n) is 9.73. The number of carbonyl (C=O) groups is 3. The van der Waals surface area contributed by atoms with Gasteiger partial charge in [-0.15, -0.1) is 0 Å². The molecular formula is C27H34N4O5. The molecule has 1 aromatic heterocycles. The first-order valence-electron chi connectivity index (χ1n) is 12.4. The third-order valence-corrected chi connectivity index (χ3v) is 6.79. The summed E-state index contributed by atoms with van der Waals surface area (Å²) < 4.78 is 11.5. The fraction of sp³-hybridized carbons (Fsp3) is 0.481. The van der Waals surface area contributed by atoms with Gasteiger partial charge in [-0.25, -0.2) is 0 Å². The average Bonchev–Trinajstić information content (AvgIpc) is 3.26. The molecule has 9 nitrogen and oxygen atoms in total. The number of rotatable bonds is 7. The quantitative estimate of drug-likeness (QED) is 0.635. The number of pyridine rings is 1. The van der Waals surface area contributed by atoms with Crippen molar-refractivity contribution in [3.63, 3.8) is 0 Å². The molecule has 2 aromatic rings. The lowest BCUT2D eigenvalue weighted by molar-refractivity contribution is -0.144. The molecule has 1 spiro atoms. The van der Waals surface area contributed by atoms with Gasteiger partial charge in [-0.3, -0.25) is 24.3 Å². The first-order valence-corrected chi connectivity index (χ1v) is 12.4. The van der Waals surface area contributed by atoms with Crippen molar-refractivity contribution >= 4 is 17.7 Å². The summed E-state index contributed by atoms with van der Waals surface area (Å²) in [6, 6.07) is 9.74. The minimum absolute atomic E-state index is 0.0979. The molecule has 1 N–H and O–H groups in total. The van der Waals surface area contributed by atoms with Gasteiger partial charge in [-0.1, -0.05) is 19.9 Å². The summed E-state index contributed by atoms with van der Waals surface area (Å²) in [5, 5.41) is 2.93. The van der Waals surface area contributed by atoms with Crippen LogP contribution in [0.4, 0.5) is 0 Å². The zero-order valence-electron chi connectivity index (χ0n) is 21.1. The van der Waals surface area contributed by atoms with Crippen LogP contribution < -0.4 is 10.1 Å². The molecular weight excluding hydrogens is 460 g/mol. The van der Waals surface area contributed by atoms with Crippen LogP contribution in [0.15, 0.2) is 48.8 Å². The van der Waals surface area contributed by atoms with Gasteiger partial charge in [0.1, 0.15) is 17.5 Å². The summed E-state index contributed by atoms with van der Waals surface area (Å²) in [7, 11) is 1.57. The number of carbonyl (C=O) groups excluding carboxylic acids is 3. The first kappa shape index (κ1) is 25.6. The molecule has 4 rings (SSSR count). The van der Waals surface area contributed by atoms with Gasteiger partial charge in [0, 0.05) is 56.9 Å². The van der Waals surface area contributed by atoms with Crippen molar-refractivity contribution in [1.82, 2.24) is 20.1 Å². The topological polar surface area (TPSA) is 101 Å². The Labute approximate surface area is 211 Å². The number of likely N-dealkylation sites (tertiary alicyclic amines) is 1. The van der Waals surface area contributed by atoms with Crippen molar-refractivity contribution in [2.24, 2.45) is 5.92 Å². The highest BCUT2D eigenvalue weighted by Gasteiger charge is 2.54. The summed E-state index contributed by atoms with van der Waals surface area (Å²) in [6.45, 7) is 5.39. The van der Waals surface area contributed by atoms with Crippen LogP contribution in [-0.4, -0.2) is 71.1 Å². The van der Waals surface area contributed by atoms with Gasteiger partial charge in [0.15, 0.2) is 0 Å². The Morgan fingerprint density at radius 1 is 1.17 bits per heavy atom. The molecule has 9 heteroatoms. The van der Waals surface area contributed by atoms with Crippen LogP contribution in [0, 0.1) is 5.92 Å². The van der Waals surface area contributed by atoms with E-state index in [1.54, 1.807) is 48.7 Å². The molecule has 1 atom stereocenters. The van der Waals surface area contributed by atoms with Crippen molar-refractivity contribution in [3.05, 3.63) is 59.9 Å². The Morgan fingerprint density at radius 2 is 1.89 bits per heavy atom. The minimum atomic E-state index is -0.943. The molecule has 1 unspecified atom stereocenters. The maximum Gasteiger partial charge on any atom is 0.256 e. The number of methoxy groups -OCH3 is 1. The van der Waals surface area contributed by atoms with E-state index in [4.69, 9.17) is 9.47 Å². The maximum atomic E-state index is 13.8. The number of hydrogen-bond donors (Lipinski definition) is 1. The molecule has 0 radical (unpaired) electrons. The lowest BCUT2D eigenvalue weighted by atomic mass is 9.96. The lowest BCUT2D eigenvalue weighted by Gasteiger charge is -2.44. The molecule has 36 heavy (non-hydrogen) atoms. The Morgan fingerprint density at radius 3 is 2.50 bits per heavy atom. The SMILES string of the molecule is COc1ccc(C(=O)N2C(C(=O)NCc3cccnc3)COC23CCN(C(=O)CC(C)C)CC3)cc1. The molecule has 2 saturated heterocycles. The number of ether oxygens (including phenoxy) is 2. The maximum absolute atomic E-state index is 13.8. The van der Waals surface area contributed by atoms with Crippen LogP contribution in [0.5, 0.6) is 5.75 Å². The third kappa shape index (κ3) is 5.51. The molecule has 2 aliphatic heterocycles. The summed E-state index contributed by atoms with van der Waals surface area (Å²) in [6.07, 6.45) is 4.75. The lowest BCUT2D eigenvalue weighted by Crippen LogP contribution is -2.59. The number of hydrogen-bond acceptors (Lipinski definition) is 6. The van der Waals surface area contributed by atoms with Crippen molar-refractivity contribution in [3.8, 4) is 5.75 Å². The molecule has 3 heterocycles. The van der Waals surface area contributed by atoms with Crippen molar-refractivity contribution in [2.75, 3.05) is 26.8 Å². The highest BCUT2D eigenvalue weighted by Crippen LogP contribution is 2.39. The van der Waals surface area contributed by atoms with Crippen LogP contribution in [0.3, 0.4) is 0 Å². The van der Waals surface area contributed by atoms with E-state index in [1.807, 2.05) is 30.9 Å². The van der Waals surface area contributed by atoms with Crippen LogP contribution in [0.1, 0.15) is 49.0 Å². The standard InChI is InChI=1S/C27H34N4O5/c1-19(2)15-24(32)30-13-10-27(11-14-30)31(26(34)21-6-8-22(35-3)9-7-21)23(18-36-27)25(33)29-17-20-5-4-12-28-16-20/h4-9,12,16,19,23H,10-11,13-15,17-18H2,1-3H3,(H,29,33). The highest BCUT2D eigenvalue weighted by atomic mass is 16.5. The smallest absolute Gasteiger partial charge is 0.256 e. The van der Waals surface area contributed by atoms with Gasteiger partial charge >= 0.3 is 0 Å². The number of piperidine rings is 1. The van der Waals surface area contributed by atoms with E-state index in [9.17, 15) is 14.4 Å². The van der Waals surface area contributed by atoms with Gasteiger partial charge in [-0.05, 0) is 41.8 Å². The van der Waals surface area contributed by atoms with Gasteiger partial charge in [0.05, 0.1) is 13.7 Å². The molecule has 0 bridgehead atoms. The highest BCUT2D eigenvalue weighted by molar-refractivity contribution is 5.98. The van der Waals surface area contributed by atoms with Gasteiger partial charge < -0.3 is 19.7 Å². The molecule has 1 aromatic carbocycles. The van der Waals surface area contributed by atoms with Crippen molar-refractivity contribution < 1.29 is 23.9 Å². The van der Waals surface area contributed by atoms with E-state index in [2.05, 4.69) is 10.3 Å². The number of benzene rings is 1. The molecule has 3 amide bonds. The fourth-order valence-electron chi connectivity index (χ4n) is 4.83. The number of nitrogens with one attached hydrogen (secondary N) is 1. The molecule has 192 valence electrons. The van der Waals surface area contributed by atoms with Crippen LogP contribution in [-0.2, 0) is 20.9 Å². The third-order valence-electron chi connectivity index (χ3n) is 6.79. The summed E-state index contributed by atoms with van der Waals surface area (Å²) in [5.74, 6) is 0.463. The largest absolute Gasteiger partial charge is 0.497 e. The average molecular weight is 495 g/mol. The number of aromatic nitrogens is 1. The van der Waals surface area contributed by atoms with Crippen LogP contribution >= 0.6 is 0 Å². The Hall–Kier alpha value is -3.46. The molecule has 2 aliphatic rings. The summed E-state index contributed by atoms with van der Waals surface area (Å²) in [4.78, 5) is 47.2. The summed E-state index contributed by atoms with van der Waals surface area (Å²) >= 11 is 0. The summed E-state index contributed by atoms with van der Waals surface area (Å²) in [5.41, 5.74) is 0.371.